The van der Waals surface area contributed by atoms with Gasteiger partial charge in [-0.2, -0.15) is 0 Å². The molecule has 0 atom stereocenters. The van der Waals surface area contributed by atoms with Gasteiger partial charge in [0.15, 0.2) is 0 Å². The van der Waals surface area contributed by atoms with Crippen molar-refractivity contribution in [3.05, 3.63) is 52.0 Å². The van der Waals surface area contributed by atoms with Gasteiger partial charge in [0.2, 0.25) is 0 Å². The summed E-state index contributed by atoms with van der Waals surface area (Å²) in [6, 6.07) is 11.3. The van der Waals surface area contributed by atoms with Crippen molar-refractivity contribution in [1.82, 2.24) is 4.90 Å². The molecule has 0 aromatic heterocycles. The largest absolute Gasteiger partial charge is 0.388 e. The zero-order chi connectivity index (χ0) is 18.0. The van der Waals surface area contributed by atoms with Gasteiger partial charge in [-0.3, -0.25) is 10.2 Å². The monoisotopic (exact) mass is 375 g/mol. The lowest BCUT2D eigenvalue weighted by Gasteiger charge is -2.30. The van der Waals surface area contributed by atoms with E-state index in [1.165, 1.54) is 0 Å². The normalized spacial score (nSPS) is 14.5. The average Bonchev–Trinajstić information content (AvgIpc) is 2.63. The smallest absolute Gasteiger partial charge is 0.136 e. The van der Waals surface area contributed by atoms with Crippen molar-refractivity contribution >= 4 is 40.5 Å². The molecule has 0 spiro atoms. The molecular weight excluding hydrogens is 357 g/mol. The topological polar surface area (TPSA) is 56.2 Å². The van der Waals surface area contributed by atoms with Crippen molar-refractivity contribution in [2.45, 2.75) is 12.8 Å². The van der Waals surface area contributed by atoms with Gasteiger partial charge in [-0.05, 0) is 29.3 Å². The standard InChI is InChI=1S/C19H19Cl2N3O/c1-23-17-4-2-3-14(12-5-6-15(20)16(21)11-12)18(17)19(22)24-9-7-13(25)8-10-24/h2-6,11,22-23H,7-10H2,1H3. The van der Waals surface area contributed by atoms with Crippen LogP contribution in [0.5, 0.6) is 0 Å². The minimum Gasteiger partial charge on any atom is -0.388 e. The number of rotatable bonds is 3. The number of likely N-dealkylation sites (tertiary alicyclic amines) is 1. The van der Waals surface area contributed by atoms with Crippen LogP contribution in [-0.2, 0) is 4.79 Å². The lowest BCUT2D eigenvalue weighted by Crippen LogP contribution is -2.39. The lowest BCUT2D eigenvalue weighted by molar-refractivity contribution is -0.120. The van der Waals surface area contributed by atoms with Crippen LogP contribution in [0, 0.1) is 5.41 Å². The first-order chi connectivity index (χ1) is 12.0. The van der Waals surface area contributed by atoms with Crippen molar-refractivity contribution in [2.75, 3.05) is 25.5 Å². The van der Waals surface area contributed by atoms with Crippen LogP contribution in [0.1, 0.15) is 18.4 Å². The van der Waals surface area contributed by atoms with Gasteiger partial charge in [0.05, 0.1) is 10.0 Å². The molecule has 1 saturated heterocycles. The fourth-order valence-corrected chi connectivity index (χ4v) is 3.36. The average molecular weight is 376 g/mol. The number of carbonyl (C=O) groups is 1. The van der Waals surface area contributed by atoms with Gasteiger partial charge in [0.1, 0.15) is 11.6 Å². The highest BCUT2D eigenvalue weighted by Gasteiger charge is 2.23. The first-order valence-corrected chi connectivity index (χ1v) is 8.88. The van der Waals surface area contributed by atoms with Gasteiger partial charge in [-0.25, -0.2) is 0 Å². The van der Waals surface area contributed by atoms with E-state index in [0.29, 0.717) is 41.8 Å². The van der Waals surface area contributed by atoms with E-state index in [4.69, 9.17) is 28.6 Å². The zero-order valence-corrected chi connectivity index (χ0v) is 15.4. The molecule has 2 N–H and O–H groups in total. The Kier molecular flexibility index (Phi) is 5.30. The molecule has 2 aromatic carbocycles. The lowest BCUT2D eigenvalue weighted by atomic mass is 9.96. The summed E-state index contributed by atoms with van der Waals surface area (Å²) in [7, 11) is 1.84. The Labute approximate surface area is 157 Å². The highest BCUT2D eigenvalue weighted by atomic mass is 35.5. The summed E-state index contributed by atoms with van der Waals surface area (Å²) < 4.78 is 0. The van der Waals surface area contributed by atoms with E-state index in [1.54, 1.807) is 6.07 Å². The zero-order valence-electron chi connectivity index (χ0n) is 13.9. The number of nitrogens with one attached hydrogen (secondary N) is 2. The second kappa shape index (κ2) is 7.46. The molecule has 4 nitrogen and oxygen atoms in total. The van der Waals surface area contributed by atoms with Crippen molar-refractivity contribution in [3.8, 4) is 11.1 Å². The van der Waals surface area contributed by atoms with Crippen molar-refractivity contribution < 1.29 is 4.79 Å². The van der Waals surface area contributed by atoms with Gasteiger partial charge in [0, 0.05) is 44.2 Å². The maximum atomic E-state index is 11.5. The Bertz CT molecular complexity index is 825. The minimum atomic E-state index is 0.260. The molecule has 1 aliphatic rings. The van der Waals surface area contributed by atoms with E-state index in [1.807, 2.05) is 42.3 Å². The molecule has 0 unspecified atom stereocenters. The quantitative estimate of drug-likeness (QED) is 0.604. The Morgan fingerprint density at radius 3 is 2.48 bits per heavy atom. The molecule has 1 heterocycles. The summed E-state index contributed by atoms with van der Waals surface area (Å²) in [6.07, 6.45) is 0.985. The number of benzene rings is 2. The van der Waals surface area contributed by atoms with Gasteiger partial charge in [-0.15, -0.1) is 0 Å². The summed E-state index contributed by atoms with van der Waals surface area (Å²) >= 11 is 12.2. The van der Waals surface area contributed by atoms with Gasteiger partial charge in [0.25, 0.3) is 0 Å². The second-order valence-electron chi connectivity index (χ2n) is 5.98. The van der Waals surface area contributed by atoms with E-state index in [0.717, 1.165) is 22.4 Å². The van der Waals surface area contributed by atoms with Crippen LogP contribution in [0.3, 0.4) is 0 Å². The molecular formula is C19H19Cl2N3O. The molecule has 0 amide bonds. The number of carbonyl (C=O) groups excluding carboxylic acids is 1. The predicted octanol–water partition coefficient (Wildman–Crippen LogP) is 4.69. The summed E-state index contributed by atoms with van der Waals surface area (Å²) in [5.74, 6) is 0.675. The third kappa shape index (κ3) is 3.65. The number of ketones is 1. The van der Waals surface area contributed by atoms with Gasteiger partial charge in [-0.1, -0.05) is 41.4 Å². The fraction of sp³-hybridized carbons (Fsp3) is 0.263. The molecule has 2 aromatic rings. The molecule has 6 heteroatoms. The number of piperidine rings is 1. The maximum Gasteiger partial charge on any atom is 0.136 e. The number of nitrogens with zero attached hydrogens (tertiary/aromatic N) is 1. The number of Topliss-reactive ketones (excluding diaryl/α,β-unsaturated/α-hetero) is 1. The fourth-order valence-electron chi connectivity index (χ4n) is 3.06. The van der Waals surface area contributed by atoms with E-state index >= 15 is 0 Å². The number of hydrogen-bond donors (Lipinski definition) is 2. The first-order valence-electron chi connectivity index (χ1n) is 8.13. The first kappa shape index (κ1) is 17.8. The number of hydrogen-bond acceptors (Lipinski definition) is 3. The van der Waals surface area contributed by atoms with E-state index in [9.17, 15) is 4.79 Å². The SMILES string of the molecule is CNc1cccc(-c2ccc(Cl)c(Cl)c2)c1C(=N)N1CCC(=O)CC1. The third-order valence-electron chi connectivity index (χ3n) is 4.44. The van der Waals surface area contributed by atoms with Crippen LogP contribution < -0.4 is 5.32 Å². The number of amidine groups is 1. The highest BCUT2D eigenvalue weighted by molar-refractivity contribution is 6.42. The molecule has 0 bridgehead atoms. The predicted molar refractivity (Wildman–Crippen MR) is 104 cm³/mol. The summed E-state index contributed by atoms with van der Waals surface area (Å²) in [6.45, 7) is 1.16. The van der Waals surface area contributed by atoms with Crippen molar-refractivity contribution in [1.29, 1.82) is 5.41 Å². The molecule has 130 valence electrons. The molecule has 0 radical (unpaired) electrons. The number of anilines is 1. The Morgan fingerprint density at radius 2 is 1.84 bits per heavy atom. The summed E-state index contributed by atoms with van der Waals surface area (Å²) in [5.41, 5.74) is 3.48. The van der Waals surface area contributed by atoms with Crippen LogP contribution >= 0.6 is 23.2 Å². The van der Waals surface area contributed by atoms with Gasteiger partial charge >= 0.3 is 0 Å². The number of halogens is 2. The maximum absolute atomic E-state index is 11.5. The van der Waals surface area contributed by atoms with Crippen LogP contribution in [0.4, 0.5) is 5.69 Å². The minimum absolute atomic E-state index is 0.260. The van der Waals surface area contributed by atoms with Crippen LogP contribution in [-0.4, -0.2) is 36.7 Å². The molecule has 1 fully saturated rings. The molecule has 0 saturated carbocycles. The van der Waals surface area contributed by atoms with E-state index < -0.39 is 0 Å². The van der Waals surface area contributed by atoms with E-state index in [2.05, 4.69) is 5.32 Å². The van der Waals surface area contributed by atoms with Crippen molar-refractivity contribution in [3.63, 3.8) is 0 Å². The molecule has 1 aliphatic heterocycles. The van der Waals surface area contributed by atoms with Gasteiger partial charge < -0.3 is 10.2 Å². The van der Waals surface area contributed by atoms with E-state index in [-0.39, 0.29) is 5.78 Å². The Morgan fingerprint density at radius 1 is 1.12 bits per heavy atom. The highest BCUT2D eigenvalue weighted by Crippen LogP contribution is 2.34. The molecule has 3 rings (SSSR count). The Balaban J connectivity index is 2.06. The third-order valence-corrected chi connectivity index (χ3v) is 5.18. The summed E-state index contributed by atoms with van der Waals surface area (Å²) in [5, 5.41) is 12.9. The van der Waals surface area contributed by atoms with Crippen LogP contribution in [0.15, 0.2) is 36.4 Å². The Hall–Kier alpha value is -2.04. The van der Waals surface area contributed by atoms with Crippen LogP contribution in [0.25, 0.3) is 11.1 Å². The summed E-state index contributed by atoms with van der Waals surface area (Å²) in [4.78, 5) is 13.5. The second-order valence-corrected chi connectivity index (χ2v) is 6.80. The van der Waals surface area contributed by atoms with Crippen LogP contribution in [0.2, 0.25) is 10.0 Å². The van der Waals surface area contributed by atoms with Crippen molar-refractivity contribution in [2.24, 2.45) is 0 Å². The molecule has 0 aliphatic carbocycles. The molecule has 25 heavy (non-hydrogen) atoms.